The van der Waals surface area contributed by atoms with Gasteiger partial charge in [-0.05, 0) is 48.9 Å². The summed E-state index contributed by atoms with van der Waals surface area (Å²) in [5, 5.41) is 11.4. The Kier molecular flexibility index (Phi) is 3.57. The van der Waals surface area contributed by atoms with Gasteiger partial charge in [-0.25, -0.2) is 0 Å². The topological polar surface area (TPSA) is 20.2 Å². The Morgan fingerprint density at radius 1 is 1.10 bits per heavy atom. The normalized spacial score (nSPS) is 16.8. The summed E-state index contributed by atoms with van der Waals surface area (Å²) in [6.45, 7) is 1.83. The van der Waals surface area contributed by atoms with Crippen molar-refractivity contribution < 1.29 is 5.11 Å². The standard InChI is InChI=1S/C18H19ClO/c1-18(20,16-7-2-3-8-17(16)19)12-13-9-10-14-5-4-6-15(14)11-13/h2-3,7-11,20H,4-6,12H2,1H3. The van der Waals surface area contributed by atoms with Crippen LogP contribution in [0.15, 0.2) is 42.5 Å². The SMILES string of the molecule is CC(O)(Cc1ccc2c(c1)CCC2)c1ccccc1Cl. The molecule has 3 rings (SSSR count). The number of rotatable bonds is 3. The van der Waals surface area contributed by atoms with Crippen LogP contribution in [0.3, 0.4) is 0 Å². The summed E-state index contributed by atoms with van der Waals surface area (Å²) in [4.78, 5) is 0. The molecule has 0 saturated heterocycles. The van der Waals surface area contributed by atoms with Gasteiger partial charge in [-0.1, -0.05) is 48.0 Å². The number of benzene rings is 2. The molecule has 0 bridgehead atoms. The molecule has 0 saturated carbocycles. The predicted molar refractivity (Wildman–Crippen MR) is 83.2 cm³/mol. The van der Waals surface area contributed by atoms with Gasteiger partial charge in [0, 0.05) is 17.0 Å². The van der Waals surface area contributed by atoms with E-state index in [0.29, 0.717) is 11.4 Å². The number of aryl methyl sites for hydroxylation is 2. The Hall–Kier alpha value is -1.31. The van der Waals surface area contributed by atoms with Crippen molar-refractivity contribution >= 4 is 11.6 Å². The largest absolute Gasteiger partial charge is 0.385 e. The Labute approximate surface area is 125 Å². The highest BCUT2D eigenvalue weighted by molar-refractivity contribution is 6.31. The molecule has 1 nitrogen and oxygen atoms in total. The summed E-state index contributed by atoms with van der Waals surface area (Å²) in [5.41, 5.74) is 3.94. The number of hydrogen-bond donors (Lipinski definition) is 1. The first-order valence-electron chi connectivity index (χ1n) is 7.14. The first kappa shape index (κ1) is 13.7. The summed E-state index contributed by atoms with van der Waals surface area (Å²) in [5.74, 6) is 0. The van der Waals surface area contributed by atoms with Gasteiger partial charge in [-0.15, -0.1) is 0 Å². The maximum atomic E-state index is 10.8. The number of aliphatic hydroxyl groups is 1. The van der Waals surface area contributed by atoms with Crippen LogP contribution in [-0.2, 0) is 24.9 Å². The van der Waals surface area contributed by atoms with Gasteiger partial charge >= 0.3 is 0 Å². The number of halogens is 1. The summed E-state index contributed by atoms with van der Waals surface area (Å²) in [7, 11) is 0. The zero-order valence-corrected chi connectivity index (χ0v) is 12.5. The minimum atomic E-state index is -0.939. The fourth-order valence-electron chi connectivity index (χ4n) is 3.13. The van der Waals surface area contributed by atoms with E-state index in [9.17, 15) is 5.11 Å². The van der Waals surface area contributed by atoms with Gasteiger partial charge in [0.2, 0.25) is 0 Å². The molecule has 0 heterocycles. The van der Waals surface area contributed by atoms with Gasteiger partial charge in [-0.2, -0.15) is 0 Å². The lowest BCUT2D eigenvalue weighted by Gasteiger charge is -2.25. The molecule has 0 fully saturated rings. The smallest absolute Gasteiger partial charge is 0.0923 e. The Morgan fingerprint density at radius 3 is 2.65 bits per heavy atom. The fourth-order valence-corrected chi connectivity index (χ4v) is 3.47. The Morgan fingerprint density at radius 2 is 1.85 bits per heavy atom. The molecule has 20 heavy (non-hydrogen) atoms. The predicted octanol–water partition coefficient (Wildman–Crippen LogP) is 4.28. The molecule has 0 aromatic heterocycles. The Bertz CT molecular complexity index is 631. The average molecular weight is 287 g/mol. The second kappa shape index (κ2) is 5.23. The number of hydrogen-bond acceptors (Lipinski definition) is 1. The minimum Gasteiger partial charge on any atom is -0.385 e. The lowest BCUT2D eigenvalue weighted by atomic mass is 9.88. The van der Waals surface area contributed by atoms with Crippen molar-refractivity contribution in [3.05, 3.63) is 69.7 Å². The minimum absolute atomic E-state index is 0.587. The van der Waals surface area contributed by atoms with Crippen molar-refractivity contribution in [2.75, 3.05) is 0 Å². The third-order valence-corrected chi connectivity index (χ3v) is 4.49. The summed E-state index contributed by atoms with van der Waals surface area (Å²) < 4.78 is 0. The van der Waals surface area contributed by atoms with E-state index in [0.717, 1.165) is 12.0 Å². The third kappa shape index (κ3) is 2.61. The third-order valence-electron chi connectivity index (χ3n) is 4.17. The molecule has 1 aliphatic carbocycles. The van der Waals surface area contributed by atoms with E-state index >= 15 is 0 Å². The zero-order valence-electron chi connectivity index (χ0n) is 11.7. The fraction of sp³-hybridized carbons (Fsp3) is 0.333. The van der Waals surface area contributed by atoms with Crippen LogP contribution >= 0.6 is 11.6 Å². The van der Waals surface area contributed by atoms with Gasteiger partial charge in [-0.3, -0.25) is 0 Å². The molecule has 1 aliphatic rings. The molecule has 1 unspecified atom stereocenters. The quantitative estimate of drug-likeness (QED) is 0.893. The highest BCUT2D eigenvalue weighted by atomic mass is 35.5. The second-order valence-electron chi connectivity index (χ2n) is 5.89. The molecule has 2 heteroatoms. The van der Waals surface area contributed by atoms with E-state index in [-0.39, 0.29) is 0 Å². The second-order valence-corrected chi connectivity index (χ2v) is 6.29. The highest BCUT2D eigenvalue weighted by Gasteiger charge is 2.26. The molecule has 1 atom stereocenters. The van der Waals surface area contributed by atoms with Gasteiger partial charge in [0.1, 0.15) is 0 Å². The maximum Gasteiger partial charge on any atom is 0.0923 e. The molecule has 0 spiro atoms. The van der Waals surface area contributed by atoms with Crippen LogP contribution in [-0.4, -0.2) is 5.11 Å². The molecule has 2 aromatic carbocycles. The van der Waals surface area contributed by atoms with Gasteiger partial charge in [0.25, 0.3) is 0 Å². The molecular weight excluding hydrogens is 268 g/mol. The van der Waals surface area contributed by atoms with E-state index in [1.165, 1.54) is 29.5 Å². The van der Waals surface area contributed by atoms with Crippen molar-refractivity contribution in [3.63, 3.8) is 0 Å². The first-order chi connectivity index (χ1) is 9.56. The van der Waals surface area contributed by atoms with Crippen molar-refractivity contribution in [2.24, 2.45) is 0 Å². The van der Waals surface area contributed by atoms with Crippen LogP contribution in [0, 0.1) is 0 Å². The van der Waals surface area contributed by atoms with E-state index < -0.39 is 5.60 Å². The summed E-state index contributed by atoms with van der Waals surface area (Å²) in [6.07, 6.45) is 4.19. The van der Waals surface area contributed by atoms with Crippen LogP contribution in [0.2, 0.25) is 5.02 Å². The van der Waals surface area contributed by atoms with Crippen LogP contribution in [0.4, 0.5) is 0 Å². The lowest BCUT2D eigenvalue weighted by molar-refractivity contribution is 0.0577. The van der Waals surface area contributed by atoms with Crippen molar-refractivity contribution in [1.82, 2.24) is 0 Å². The van der Waals surface area contributed by atoms with E-state index in [2.05, 4.69) is 18.2 Å². The van der Waals surface area contributed by atoms with Crippen molar-refractivity contribution in [1.29, 1.82) is 0 Å². The molecule has 1 N–H and O–H groups in total. The molecule has 2 aromatic rings. The number of fused-ring (bicyclic) bond motifs is 1. The van der Waals surface area contributed by atoms with Crippen LogP contribution < -0.4 is 0 Å². The van der Waals surface area contributed by atoms with Gasteiger partial charge in [0.15, 0.2) is 0 Å². The first-order valence-corrected chi connectivity index (χ1v) is 7.52. The Balaban J connectivity index is 1.88. The molecular formula is C18H19ClO. The van der Waals surface area contributed by atoms with E-state index in [1.54, 1.807) is 0 Å². The zero-order chi connectivity index (χ0) is 14.2. The highest BCUT2D eigenvalue weighted by Crippen LogP contribution is 2.32. The summed E-state index contributed by atoms with van der Waals surface area (Å²) in [6, 6.07) is 14.1. The molecule has 0 aliphatic heterocycles. The maximum absolute atomic E-state index is 10.8. The van der Waals surface area contributed by atoms with Gasteiger partial charge in [0.05, 0.1) is 5.60 Å². The van der Waals surface area contributed by atoms with Crippen LogP contribution in [0.1, 0.15) is 35.6 Å². The van der Waals surface area contributed by atoms with Crippen molar-refractivity contribution in [2.45, 2.75) is 38.2 Å². The monoisotopic (exact) mass is 286 g/mol. The molecule has 0 amide bonds. The van der Waals surface area contributed by atoms with E-state index in [1.807, 2.05) is 31.2 Å². The lowest BCUT2D eigenvalue weighted by Crippen LogP contribution is -2.24. The van der Waals surface area contributed by atoms with Crippen LogP contribution in [0.25, 0.3) is 0 Å². The van der Waals surface area contributed by atoms with Crippen LogP contribution in [0.5, 0.6) is 0 Å². The summed E-state index contributed by atoms with van der Waals surface area (Å²) >= 11 is 6.21. The molecule has 0 radical (unpaired) electrons. The van der Waals surface area contributed by atoms with Crippen molar-refractivity contribution in [3.8, 4) is 0 Å². The molecule has 104 valence electrons. The average Bonchev–Trinajstić information content (AvgIpc) is 2.86. The van der Waals surface area contributed by atoms with E-state index in [4.69, 9.17) is 11.6 Å². The van der Waals surface area contributed by atoms with Gasteiger partial charge < -0.3 is 5.11 Å².